The molecule has 3 heteroatoms. The zero-order chi connectivity index (χ0) is 18.1. The molecular formula is C21H34O3. The van der Waals surface area contributed by atoms with Gasteiger partial charge in [0.1, 0.15) is 5.76 Å². The molecule has 0 radical (unpaired) electrons. The highest BCUT2D eigenvalue weighted by atomic mass is 16.3. The third-order valence-electron chi connectivity index (χ3n) is 5.84. The Balaban J connectivity index is 2.34. The van der Waals surface area contributed by atoms with E-state index in [0.29, 0.717) is 5.92 Å². The Morgan fingerprint density at radius 1 is 1.25 bits per heavy atom. The Kier molecular flexibility index (Phi) is 5.85. The van der Waals surface area contributed by atoms with E-state index < -0.39 is 5.41 Å². The van der Waals surface area contributed by atoms with Gasteiger partial charge in [-0.25, -0.2) is 0 Å². The fraction of sp³-hybridized carbons (Fsp3) is 0.714. The highest BCUT2D eigenvalue weighted by Gasteiger charge is 2.42. The Morgan fingerprint density at radius 2 is 1.92 bits per heavy atom. The summed E-state index contributed by atoms with van der Waals surface area (Å²) in [5.74, 6) is 1.02. The SMILES string of the molecule is CC(C)=CCC[C@H](CO)[C@@H]1CC[C@@H](C)C2=C1CC(C)(C)C(O)=C2O. The Labute approximate surface area is 146 Å². The summed E-state index contributed by atoms with van der Waals surface area (Å²) in [5, 5.41) is 31.0. The van der Waals surface area contributed by atoms with Crippen molar-refractivity contribution < 1.29 is 15.3 Å². The highest BCUT2D eigenvalue weighted by Crippen LogP contribution is 2.51. The molecule has 0 amide bonds. The van der Waals surface area contributed by atoms with Crippen LogP contribution < -0.4 is 0 Å². The molecule has 2 rings (SSSR count). The molecule has 3 N–H and O–H groups in total. The van der Waals surface area contributed by atoms with E-state index in [1.54, 1.807) is 0 Å². The average Bonchev–Trinajstić information content (AvgIpc) is 2.49. The van der Waals surface area contributed by atoms with Gasteiger partial charge in [-0.05, 0) is 69.3 Å². The summed E-state index contributed by atoms with van der Waals surface area (Å²) >= 11 is 0. The predicted octanol–water partition coefficient (Wildman–Crippen LogP) is 5.44. The van der Waals surface area contributed by atoms with Gasteiger partial charge in [0.25, 0.3) is 0 Å². The lowest BCUT2D eigenvalue weighted by Gasteiger charge is -2.43. The van der Waals surface area contributed by atoms with Crippen molar-refractivity contribution in [3.05, 3.63) is 34.3 Å². The summed E-state index contributed by atoms with van der Waals surface area (Å²) < 4.78 is 0. The minimum atomic E-state index is -0.432. The van der Waals surface area contributed by atoms with E-state index in [0.717, 1.165) is 37.7 Å². The van der Waals surface area contributed by atoms with Crippen LogP contribution in [0.5, 0.6) is 0 Å². The van der Waals surface area contributed by atoms with Gasteiger partial charge in [-0.15, -0.1) is 0 Å². The maximum atomic E-state index is 10.6. The number of hydrogen-bond donors (Lipinski definition) is 3. The molecular weight excluding hydrogens is 300 g/mol. The van der Waals surface area contributed by atoms with Gasteiger partial charge in [0.15, 0.2) is 5.76 Å². The van der Waals surface area contributed by atoms with Crippen LogP contribution >= 0.6 is 0 Å². The average molecular weight is 335 g/mol. The number of allylic oxidation sites excluding steroid dienone is 5. The van der Waals surface area contributed by atoms with Crippen LogP contribution in [0.1, 0.15) is 66.7 Å². The summed E-state index contributed by atoms with van der Waals surface area (Å²) in [6, 6.07) is 0. The number of aliphatic hydroxyl groups excluding tert-OH is 3. The molecule has 0 heterocycles. The first-order chi connectivity index (χ1) is 11.2. The summed E-state index contributed by atoms with van der Waals surface area (Å²) in [6.07, 6.45) is 7.02. The van der Waals surface area contributed by atoms with Crippen molar-refractivity contribution in [2.24, 2.45) is 23.2 Å². The third-order valence-corrected chi connectivity index (χ3v) is 5.84. The van der Waals surface area contributed by atoms with Crippen molar-refractivity contribution in [2.75, 3.05) is 6.61 Å². The van der Waals surface area contributed by atoms with E-state index in [9.17, 15) is 15.3 Å². The van der Waals surface area contributed by atoms with E-state index >= 15 is 0 Å². The minimum absolute atomic E-state index is 0.0967. The summed E-state index contributed by atoms with van der Waals surface area (Å²) in [6.45, 7) is 10.5. The van der Waals surface area contributed by atoms with Gasteiger partial charge in [0, 0.05) is 12.0 Å². The van der Waals surface area contributed by atoms with Crippen LogP contribution in [0.15, 0.2) is 34.3 Å². The van der Waals surface area contributed by atoms with Crippen molar-refractivity contribution in [2.45, 2.75) is 66.7 Å². The number of aliphatic hydroxyl groups is 3. The smallest absolute Gasteiger partial charge is 0.157 e. The van der Waals surface area contributed by atoms with Crippen LogP contribution in [0.2, 0.25) is 0 Å². The van der Waals surface area contributed by atoms with Gasteiger partial charge in [-0.2, -0.15) is 0 Å². The molecule has 136 valence electrons. The van der Waals surface area contributed by atoms with Crippen LogP contribution in [-0.4, -0.2) is 21.9 Å². The first kappa shape index (κ1) is 19.1. The molecule has 0 saturated heterocycles. The maximum Gasteiger partial charge on any atom is 0.157 e. The van der Waals surface area contributed by atoms with E-state index in [-0.39, 0.29) is 30.0 Å². The molecule has 0 fully saturated rings. The molecule has 0 aliphatic heterocycles. The predicted molar refractivity (Wildman–Crippen MR) is 98.8 cm³/mol. The summed E-state index contributed by atoms with van der Waals surface area (Å²) in [7, 11) is 0. The second-order valence-electron chi connectivity index (χ2n) is 8.58. The summed E-state index contributed by atoms with van der Waals surface area (Å²) in [4.78, 5) is 0. The number of rotatable bonds is 5. The molecule has 0 aromatic rings. The lowest BCUT2D eigenvalue weighted by molar-refractivity contribution is 0.145. The largest absolute Gasteiger partial charge is 0.508 e. The normalized spacial score (nSPS) is 27.8. The van der Waals surface area contributed by atoms with Crippen LogP contribution in [-0.2, 0) is 0 Å². The molecule has 0 unspecified atom stereocenters. The third kappa shape index (κ3) is 3.72. The van der Waals surface area contributed by atoms with Crippen molar-refractivity contribution in [3.8, 4) is 0 Å². The molecule has 0 bridgehead atoms. The second-order valence-corrected chi connectivity index (χ2v) is 8.58. The molecule has 0 spiro atoms. The van der Waals surface area contributed by atoms with Gasteiger partial charge >= 0.3 is 0 Å². The monoisotopic (exact) mass is 334 g/mol. The van der Waals surface area contributed by atoms with E-state index in [1.807, 2.05) is 13.8 Å². The Bertz CT molecular complexity index is 562. The summed E-state index contributed by atoms with van der Waals surface area (Å²) in [5.41, 5.74) is 3.10. The zero-order valence-corrected chi connectivity index (χ0v) is 15.9. The van der Waals surface area contributed by atoms with Crippen molar-refractivity contribution in [1.82, 2.24) is 0 Å². The molecule has 3 nitrogen and oxygen atoms in total. The van der Waals surface area contributed by atoms with Crippen molar-refractivity contribution >= 4 is 0 Å². The van der Waals surface area contributed by atoms with Gasteiger partial charge in [-0.3, -0.25) is 0 Å². The molecule has 24 heavy (non-hydrogen) atoms. The molecule has 2 aliphatic rings. The second kappa shape index (κ2) is 7.35. The lowest BCUT2D eigenvalue weighted by Crippen LogP contribution is -2.34. The van der Waals surface area contributed by atoms with E-state index in [1.165, 1.54) is 11.1 Å². The van der Waals surface area contributed by atoms with Gasteiger partial charge < -0.3 is 15.3 Å². The fourth-order valence-corrected chi connectivity index (χ4v) is 4.41. The first-order valence-electron chi connectivity index (χ1n) is 9.29. The molecule has 0 saturated carbocycles. The van der Waals surface area contributed by atoms with E-state index in [2.05, 4.69) is 26.8 Å². The van der Waals surface area contributed by atoms with Crippen LogP contribution in [0.4, 0.5) is 0 Å². The highest BCUT2D eigenvalue weighted by molar-refractivity contribution is 5.43. The van der Waals surface area contributed by atoms with Gasteiger partial charge in [0.2, 0.25) is 0 Å². The number of hydrogen-bond acceptors (Lipinski definition) is 3. The molecule has 0 aromatic heterocycles. The Hall–Kier alpha value is -1.22. The molecule has 0 aromatic carbocycles. The topological polar surface area (TPSA) is 60.7 Å². The minimum Gasteiger partial charge on any atom is -0.508 e. The molecule has 3 atom stereocenters. The first-order valence-corrected chi connectivity index (χ1v) is 9.29. The molecule has 2 aliphatic carbocycles. The zero-order valence-electron chi connectivity index (χ0n) is 15.9. The van der Waals surface area contributed by atoms with Crippen LogP contribution in [0.3, 0.4) is 0 Å². The van der Waals surface area contributed by atoms with Crippen LogP contribution in [0.25, 0.3) is 0 Å². The standard InChI is InChI=1S/C21H34O3/c1-13(2)7-6-8-15(12-22)16-10-9-14(3)18-17(16)11-21(4,5)20(24)19(18)23/h7,14-16,22-24H,6,8-12H2,1-5H3/t14-,15-,16+/m1/s1. The quantitative estimate of drug-likeness (QED) is 0.587. The van der Waals surface area contributed by atoms with Crippen molar-refractivity contribution in [3.63, 3.8) is 0 Å². The van der Waals surface area contributed by atoms with E-state index in [4.69, 9.17) is 0 Å². The maximum absolute atomic E-state index is 10.6. The van der Waals surface area contributed by atoms with Crippen LogP contribution in [0, 0.1) is 23.2 Å². The Morgan fingerprint density at radius 3 is 2.50 bits per heavy atom. The van der Waals surface area contributed by atoms with Gasteiger partial charge in [-0.1, -0.05) is 38.0 Å². The lowest BCUT2D eigenvalue weighted by atomic mass is 9.63. The van der Waals surface area contributed by atoms with Gasteiger partial charge in [0.05, 0.1) is 0 Å². The fourth-order valence-electron chi connectivity index (χ4n) is 4.41. The van der Waals surface area contributed by atoms with Crippen molar-refractivity contribution in [1.29, 1.82) is 0 Å².